The van der Waals surface area contributed by atoms with E-state index in [0.29, 0.717) is 5.56 Å². The molecule has 0 saturated heterocycles. The molecule has 2 N–H and O–H groups in total. The summed E-state index contributed by atoms with van der Waals surface area (Å²) < 4.78 is 41.9. The molecule has 1 aromatic carbocycles. The summed E-state index contributed by atoms with van der Waals surface area (Å²) in [7, 11) is 1.17. The molecular formula is C9H10F3NO2. The molecule has 0 unspecified atom stereocenters. The van der Waals surface area contributed by atoms with Gasteiger partial charge in [0.1, 0.15) is 5.75 Å². The molecule has 1 rings (SSSR count). The first-order valence-corrected chi connectivity index (χ1v) is 4.10. The second kappa shape index (κ2) is 4.50. The van der Waals surface area contributed by atoms with Crippen LogP contribution in [0.15, 0.2) is 18.2 Å². The van der Waals surface area contributed by atoms with Crippen molar-refractivity contribution in [2.75, 3.05) is 7.11 Å². The van der Waals surface area contributed by atoms with E-state index in [1.807, 2.05) is 5.48 Å². The SMILES string of the molecule is COc1cc(CNO)ccc1C(F)(F)F. The van der Waals surface area contributed by atoms with E-state index in [0.717, 1.165) is 6.07 Å². The number of nitrogens with one attached hydrogen (secondary N) is 1. The molecule has 6 heteroatoms. The molecule has 0 aliphatic carbocycles. The number of hydrogen-bond acceptors (Lipinski definition) is 3. The minimum atomic E-state index is -4.43. The smallest absolute Gasteiger partial charge is 0.419 e. The van der Waals surface area contributed by atoms with Crippen LogP contribution in [0.2, 0.25) is 0 Å². The van der Waals surface area contributed by atoms with Crippen LogP contribution >= 0.6 is 0 Å². The standard InChI is InChI=1S/C9H10F3NO2/c1-15-8-4-6(5-13-14)2-3-7(8)9(10,11)12/h2-4,13-14H,5H2,1H3. The fraction of sp³-hybridized carbons (Fsp3) is 0.333. The fourth-order valence-electron chi connectivity index (χ4n) is 1.17. The molecule has 0 amide bonds. The van der Waals surface area contributed by atoms with Gasteiger partial charge in [-0.15, -0.1) is 0 Å². The van der Waals surface area contributed by atoms with Crippen LogP contribution in [0.4, 0.5) is 13.2 Å². The van der Waals surface area contributed by atoms with Crippen molar-refractivity contribution in [3.8, 4) is 5.75 Å². The first-order valence-electron chi connectivity index (χ1n) is 4.10. The highest BCUT2D eigenvalue weighted by Crippen LogP contribution is 2.36. The van der Waals surface area contributed by atoms with Crippen LogP contribution in [0.25, 0.3) is 0 Å². The highest BCUT2D eigenvalue weighted by molar-refractivity contribution is 5.39. The van der Waals surface area contributed by atoms with Crippen molar-refractivity contribution in [3.05, 3.63) is 29.3 Å². The summed E-state index contributed by atoms with van der Waals surface area (Å²) in [5.74, 6) is -0.254. The molecule has 0 aliphatic heterocycles. The number of halogens is 3. The Hall–Kier alpha value is -1.27. The number of hydrogen-bond donors (Lipinski definition) is 2. The van der Waals surface area contributed by atoms with Gasteiger partial charge >= 0.3 is 6.18 Å². The first kappa shape index (κ1) is 11.8. The maximum absolute atomic E-state index is 12.4. The third-order valence-corrected chi connectivity index (χ3v) is 1.85. The number of rotatable bonds is 3. The van der Waals surface area contributed by atoms with E-state index in [-0.39, 0.29) is 12.3 Å². The lowest BCUT2D eigenvalue weighted by Gasteiger charge is -2.12. The van der Waals surface area contributed by atoms with Gasteiger partial charge < -0.3 is 9.94 Å². The van der Waals surface area contributed by atoms with Crippen LogP contribution in [0.3, 0.4) is 0 Å². The van der Waals surface area contributed by atoms with E-state index in [2.05, 4.69) is 4.74 Å². The van der Waals surface area contributed by atoms with E-state index in [1.54, 1.807) is 0 Å². The van der Waals surface area contributed by atoms with Gasteiger partial charge in [-0.05, 0) is 17.7 Å². The molecule has 3 nitrogen and oxygen atoms in total. The van der Waals surface area contributed by atoms with Crippen LogP contribution < -0.4 is 10.2 Å². The van der Waals surface area contributed by atoms with Crippen LogP contribution in [-0.4, -0.2) is 12.3 Å². The topological polar surface area (TPSA) is 41.5 Å². The average Bonchev–Trinajstić information content (AvgIpc) is 2.16. The van der Waals surface area contributed by atoms with Gasteiger partial charge in [-0.3, -0.25) is 0 Å². The van der Waals surface area contributed by atoms with Gasteiger partial charge in [0, 0.05) is 6.54 Å². The Morgan fingerprint density at radius 3 is 2.53 bits per heavy atom. The van der Waals surface area contributed by atoms with Crippen molar-refractivity contribution < 1.29 is 23.1 Å². The van der Waals surface area contributed by atoms with Gasteiger partial charge in [0.05, 0.1) is 12.7 Å². The molecule has 1 aromatic rings. The summed E-state index contributed by atoms with van der Waals surface area (Å²) >= 11 is 0. The summed E-state index contributed by atoms with van der Waals surface area (Å²) in [6.45, 7) is 0.0640. The van der Waals surface area contributed by atoms with Gasteiger partial charge in [0.25, 0.3) is 0 Å². The van der Waals surface area contributed by atoms with Crippen molar-refractivity contribution in [3.63, 3.8) is 0 Å². The summed E-state index contributed by atoms with van der Waals surface area (Å²) in [5, 5.41) is 8.40. The highest BCUT2D eigenvalue weighted by Gasteiger charge is 2.34. The molecule has 0 aliphatic rings. The second-order valence-electron chi connectivity index (χ2n) is 2.87. The minimum Gasteiger partial charge on any atom is -0.496 e. The maximum atomic E-state index is 12.4. The lowest BCUT2D eigenvalue weighted by molar-refractivity contribution is -0.138. The van der Waals surface area contributed by atoms with Gasteiger partial charge in [0.2, 0.25) is 0 Å². The fourth-order valence-corrected chi connectivity index (χ4v) is 1.17. The Morgan fingerprint density at radius 1 is 1.40 bits per heavy atom. The Labute approximate surface area is 84.4 Å². The zero-order valence-corrected chi connectivity index (χ0v) is 7.93. The van der Waals surface area contributed by atoms with Crippen LogP contribution in [0.5, 0.6) is 5.75 Å². The number of methoxy groups -OCH3 is 1. The van der Waals surface area contributed by atoms with Crippen molar-refractivity contribution in [2.24, 2.45) is 0 Å². The molecule has 84 valence electrons. The van der Waals surface area contributed by atoms with Crippen molar-refractivity contribution >= 4 is 0 Å². The van der Waals surface area contributed by atoms with Gasteiger partial charge in [-0.1, -0.05) is 6.07 Å². The monoisotopic (exact) mass is 221 g/mol. The zero-order chi connectivity index (χ0) is 11.5. The first-order chi connectivity index (χ1) is 6.99. The third kappa shape index (κ3) is 2.84. The number of alkyl halides is 3. The summed E-state index contributed by atoms with van der Waals surface area (Å²) in [6, 6.07) is 3.42. The van der Waals surface area contributed by atoms with Gasteiger partial charge in [-0.25, -0.2) is 5.48 Å². The lowest BCUT2D eigenvalue weighted by atomic mass is 10.1. The summed E-state index contributed by atoms with van der Waals surface area (Å²) in [6.07, 6.45) is -4.43. The van der Waals surface area contributed by atoms with Gasteiger partial charge in [0.15, 0.2) is 0 Å². The molecule has 0 bridgehead atoms. The lowest BCUT2D eigenvalue weighted by Crippen LogP contribution is -2.10. The van der Waals surface area contributed by atoms with E-state index in [9.17, 15) is 13.2 Å². The average molecular weight is 221 g/mol. The highest BCUT2D eigenvalue weighted by atomic mass is 19.4. The molecule has 0 spiro atoms. The Kier molecular flexibility index (Phi) is 3.54. The molecule has 0 fully saturated rings. The van der Waals surface area contributed by atoms with Crippen molar-refractivity contribution in [2.45, 2.75) is 12.7 Å². The summed E-state index contributed by atoms with van der Waals surface area (Å²) in [5.41, 5.74) is 1.53. The second-order valence-corrected chi connectivity index (χ2v) is 2.87. The minimum absolute atomic E-state index is 0.0640. The molecule has 0 heterocycles. The van der Waals surface area contributed by atoms with E-state index >= 15 is 0 Å². The third-order valence-electron chi connectivity index (χ3n) is 1.85. The number of hydroxylamine groups is 1. The molecule has 0 atom stereocenters. The normalized spacial score (nSPS) is 11.5. The van der Waals surface area contributed by atoms with Crippen molar-refractivity contribution in [1.82, 2.24) is 5.48 Å². The van der Waals surface area contributed by atoms with Gasteiger partial charge in [-0.2, -0.15) is 13.2 Å². The largest absolute Gasteiger partial charge is 0.496 e. The van der Waals surface area contributed by atoms with Crippen LogP contribution in [-0.2, 0) is 12.7 Å². The molecule has 0 saturated carbocycles. The van der Waals surface area contributed by atoms with E-state index in [4.69, 9.17) is 5.21 Å². The molecule has 0 aromatic heterocycles. The number of benzene rings is 1. The Balaban J connectivity index is 3.09. The van der Waals surface area contributed by atoms with E-state index in [1.165, 1.54) is 19.2 Å². The predicted molar refractivity (Wildman–Crippen MR) is 46.6 cm³/mol. The van der Waals surface area contributed by atoms with Crippen molar-refractivity contribution in [1.29, 1.82) is 0 Å². The van der Waals surface area contributed by atoms with Crippen LogP contribution in [0, 0.1) is 0 Å². The maximum Gasteiger partial charge on any atom is 0.419 e. The molecule has 0 radical (unpaired) electrons. The quantitative estimate of drug-likeness (QED) is 0.769. The zero-order valence-electron chi connectivity index (χ0n) is 7.93. The summed E-state index contributed by atoms with van der Waals surface area (Å²) in [4.78, 5) is 0. The molecular weight excluding hydrogens is 211 g/mol. The Morgan fingerprint density at radius 2 is 2.07 bits per heavy atom. The van der Waals surface area contributed by atoms with Crippen LogP contribution in [0.1, 0.15) is 11.1 Å². The number of ether oxygens (including phenoxy) is 1. The molecule has 15 heavy (non-hydrogen) atoms. The predicted octanol–water partition coefficient (Wildman–Crippen LogP) is 2.19. The van der Waals surface area contributed by atoms with E-state index < -0.39 is 11.7 Å². The Bertz CT molecular complexity index is 339.